The van der Waals surface area contributed by atoms with E-state index in [2.05, 4.69) is 15.9 Å². The Balaban J connectivity index is 2.19. The summed E-state index contributed by atoms with van der Waals surface area (Å²) >= 11 is 3.28. The maximum absolute atomic E-state index is 11.0. The van der Waals surface area contributed by atoms with Crippen LogP contribution in [0.4, 0.5) is 0 Å². The highest BCUT2D eigenvalue weighted by molar-refractivity contribution is 9.10. The molecule has 0 spiro atoms. The van der Waals surface area contributed by atoms with Crippen LogP contribution in [0.2, 0.25) is 0 Å². The highest BCUT2D eigenvalue weighted by atomic mass is 79.9. The van der Waals surface area contributed by atoms with E-state index in [0.29, 0.717) is 5.56 Å². The average molecular weight is 271 g/mol. The first kappa shape index (κ1) is 10.2. The predicted molar refractivity (Wildman–Crippen MR) is 53.7 cm³/mol. The number of benzene rings is 1. The molecule has 5 heteroatoms. The fourth-order valence-corrected chi connectivity index (χ4v) is 1.48. The molecule has 0 saturated carbocycles. The lowest BCUT2D eigenvalue weighted by molar-refractivity contribution is -0.204. The first-order chi connectivity index (χ1) is 7.15. The molecule has 0 amide bonds. The van der Waals surface area contributed by atoms with Crippen LogP contribution in [-0.4, -0.2) is 11.9 Å². The van der Waals surface area contributed by atoms with Gasteiger partial charge in [0.15, 0.2) is 0 Å². The molecule has 0 atom stereocenters. The lowest BCUT2D eigenvalue weighted by Gasteiger charge is -2.22. The van der Waals surface area contributed by atoms with Gasteiger partial charge in [-0.1, -0.05) is 28.1 Å². The van der Waals surface area contributed by atoms with E-state index >= 15 is 0 Å². The standard InChI is InChI=1S/C10H7BrO4/c11-7-3-1-6(2-4-7)10-14-8(12)5-9(13)15-10/h1-4,10H,5H2. The lowest BCUT2D eigenvalue weighted by atomic mass is 10.2. The summed E-state index contributed by atoms with van der Waals surface area (Å²) in [6.07, 6.45) is -1.22. The molecular formula is C10H7BrO4. The van der Waals surface area contributed by atoms with Gasteiger partial charge in [-0.25, -0.2) is 0 Å². The quantitative estimate of drug-likeness (QED) is 0.578. The topological polar surface area (TPSA) is 52.6 Å². The summed E-state index contributed by atoms with van der Waals surface area (Å²) in [6, 6.07) is 7.01. The molecule has 0 unspecified atom stereocenters. The number of hydrogen-bond donors (Lipinski definition) is 0. The Morgan fingerprint density at radius 1 is 1.07 bits per heavy atom. The maximum atomic E-state index is 11.0. The van der Waals surface area contributed by atoms with Crippen molar-refractivity contribution in [2.45, 2.75) is 12.7 Å². The molecule has 1 saturated heterocycles. The Bertz CT molecular complexity index is 382. The summed E-state index contributed by atoms with van der Waals surface area (Å²) in [5, 5.41) is 0. The minimum Gasteiger partial charge on any atom is -0.420 e. The highest BCUT2D eigenvalue weighted by Gasteiger charge is 2.28. The Hall–Kier alpha value is -1.36. The number of rotatable bonds is 1. The van der Waals surface area contributed by atoms with Crippen LogP contribution in [-0.2, 0) is 19.1 Å². The van der Waals surface area contributed by atoms with Crippen LogP contribution in [0.3, 0.4) is 0 Å². The van der Waals surface area contributed by atoms with E-state index in [-0.39, 0.29) is 6.42 Å². The van der Waals surface area contributed by atoms with Gasteiger partial charge < -0.3 is 9.47 Å². The normalized spacial score (nSPS) is 17.1. The molecule has 1 aliphatic heterocycles. The van der Waals surface area contributed by atoms with Gasteiger partial charge in [-0.15, -0.1) is 0 Å². The Morgan fingerprint density at radius 2 is 1.60 bits per heavy atom. The molecule has 0 aliphatic carbocycles. The van der Waals surface area contributed by atoms with Gasteiger partial charge in [0, 0.05) is 10.0 Å². The summed E-state index contributed by atoms with van der Waals surface area (Å²) in [5.74, 6) is -1.11. The number of esters is 2. The van der Waals surface area contributed by atoms with Gasteiger partial charge in [-0.2, -0.15) is 0 Å². The van der Waals surface area contributed by atoms with E-state index in [9.17, 15) is 9.59 Å². The van der Waals surface area contributed by atoms with Crippen LogP contribution >= 0.6 is 15.9 Å². The molecule has 1 aromatic carbocycles. The molecule has 0 N–H and O–H groups in total. The third-order valence-corrected chi connectivity index (χ3v) is 2.44. The molecule has 0 bridgehead atoms. The average Bonchev–Trinajstić information content (AvgIpc) is 2.17. The van der Waals surface area contributed by atoms with Crippen LogP contribution in [0.15, 0.2) is 28.7 Å². The first-order valence-corrected chi connectivity index (χ1v) is 5.09. The highest BCUT2D eigenvalue weighted by Crippen LogP contribution is 2.25. The zero-order valence-corrected chi connectivity index (χ0v) is 9.19. The predicted octanol–water partition coefficient (Wildman–Crippen LogP) is 1.94. The number of ether oxygens (including phenoxy) is 2. The molecule has 1 heterocycles. The Labute approximate surface area is 94.3 Å². The number of carbonyl (C=O) groups excluding carboxylic acids is 2. The molecule has 15 heavy (non-hydrogen) atoms. The minimum atomic E-state index is -0.910. The molecule has 1 aromatic rings. The van der Waals surface area contributed by atoms with E-state index in [1.165, 1.54) is 0 Å². The van der Waals surface area contributed by atoms with Crippen molar-refractivity contribution in [2.24, 2.45) is 0 Å². The molecule has 0 radical (unpaired) electrons. The summed E-state index contributed by atoms with van der Waals surface area (Å²) in [6.45, 7) is 0. The van der Waals surface area contributed by atoms with Gasteiger partial charge in [0.25, 0.3) is 6.29 Å². The van der Waals surface area contributed by atoms with Crippen molar-refractivity contribution < 1.29 is 19.1 Å². The van der Waals surface area contributed by atoms with E-state index in [4.69, 9.17) is 9.47 Å². The van der Waals surface area contributed by atoms with Gasteiger partial charge in [0.2, 0.25) is 0 Å². The third-order valence-electron chi connectivity index (χ3n) is 1.91. The third kappa shape index (κ3) is 2.36. The van der Waals surface area contributed by atoms with Crippen molar-refractivity contribution >= 4 is 27.9 Å². The van der Waals surface area contributed by atoms with Crippen LogP contribution in [0.25, 0.3) is 0 Å². The van der Waals surface area contributed by atoms with Gasteiger partial charge in [0.05, 0.1) is 0 Å². The van der Waals surface area contributed by atoms with Gasteiger partial charge in [-0.3, -0.25) is 9.59 Å². The number of cyclic esters (lactones) is 2. The van der Waals surface area contributed by atoms with Crippen molar-refractivity contribution in [3.05, 3.63) is 34.3 Å². The van der Waals surface area contributed by atoms with E-state index < -0.39 is 18.2 Å². The SMILES string of the molecule is O=C1CC(=O)OC(c2ccc(Br)cc2)O1. The molecule has 2 rings (SSSR count). The van der Waals surface area contributed by atoms with Gasteiger partial charge in [0.1, 0.15) is 6.42 Å². The van der Waals surface area contributed by atoms with Crippen LogP contribution in [0.5, 0.6) is 0 Å². The summed E-state index contributed by atoms with van der Waals surface area (Å²) in [4.78, 5) is 22.0. The van der Waals surface area contributed by atoms with Crippen LogP contribution in [0, 0.1) is 0 Å². The molecular weight excluding hydrogens is 264 g/mol. The molecule has 1 aliphatic rings. The second-order valence-corrected chi connectivity index (χ2v) is 3.96. The number of halogens is 1. The molecule has 4 nitrogen and oxygen atoms in total. The van der Waals surface area contributed by atoms with Crippen molar-refractivity contribution in [2.75, 3.05) is 0 Å². The number of hydrogen-bond acceptors (Lipinski definition) is 4. The van der Waals surface area contributed by atoms with Crippen molar-refractivity contribution in [1.29, 1.82) is 0 Å². The van der Waals surface area contributed by atoms with Crippen molar-refractivity contribution in [3.63, 3.8) is 0 Å². The zero-order chi connectivity index (χ0) is 10.8. The van der Waals surface area contributed by atoms with Crippen molar-refractivity contribution in [1.82, 2.24) is 0 Å². The summed E-state index contributed by atoms with van der Waals surface area (Å²) in [7, 11) is 0. The van der Waals surface area contributed by atoms with E-state index in [0.717, 1.165) is 4.47 Å². The van der Waals surface area contributed by atoms with E-state index in [1.807, 2.05) is 0 Å². The fraction of sp³-hybridized carbons (Fsp3) is 0.200. The van der Waals surface area contributed by atoms with Gasteiger partial charge in [-0.05, 0) is 12.1 Å². The van der Waals surface area contributed by atoms with Crippen LogP contribution in [0.1, 0.15) is 18.3 Å². The second-order valence-electron chi connectivity index (χ2n) is 3.04. The zero-order valence-electron chi connectivity index (χ0n) is 7.60. The molecule has 0 aromatic heterocycles. The monoisotopic (exact) mass is 270 g/mol. The first-order valence-electron chi connectivity index (χ1n) is 4.29. The smallest absolute Gasteiger partial charge is 0.320 e. The maximum Gasteiger partial charge on any atom is 0.320 e. The fourth-order valence-electron chi connectivity index (χ4n) is 1.22. The largest absolute Gasteiger partial charge is 0.420 e. The summed E-state index contributed by atoms with van der Waals surface area (Å²) < 4.78 is 10.7. The molecule has 78 valence electrons. The number of carbonyl (C=O) groups is 2. The Morgan fingerprint density at radius 3 is 2.13 bits per heavy atom. The summed E-state index contributed by atoms with van der Waals surface area (Å²) in [5.41, 5.74) is 0.639. The second kappa shape index (κ2) is 4.02. The van der Waals surface area contributed by atoms with Crippen molar-refractivity contribution in [3.8, 4) is 0 Å². The van der Waals surface area contributed by atoms with Crippen LogP contribution < -0.4 is 0 Å². The minimum absolute atomic E-state index is 0.312. The van der Waals surface area contributed by atoms with E-state index in [1.54, 1.807) is 24.3 Å². The van der Waals surface area contributed by atoms with Gasteiger partial charge >= 0.3 is 11.9 Å². The molecule has 1 fully saturated rings. The lowest BCUT2D eigenvalue weighted by Crippen LogP contribution is -2.26. The Kier molecular flexibility index (Phi) is 2.73.